The highest BCUT2D eigenvalue weighted by Gasteiger charge is 2.31. The van der Waals surface area contributed by atoms with Crippen molar-refractivity contribution in [2.75, 3.05) is 6.54 Å². The van der Waals surface area contributed by atoms with Crippen LogP contribution in [0.2, 0.25) is 0 Å². The number of carbonyl (C=O) groups excluding carboxylic acids is 1. The number of aliphatic hydroxyl groups excluding tert-OH is 1. The number of aliphatic hydroxyl groups is 1. The van der Waals surface area contributed by atoms with Crippen molar-refractivity contribution in [3.05, 3.63) is 35.9 Å². The third-order valence-corrected chi connectivity index (χ3v) is 2.61. The molecule has 0 spiro atoms. The molecule has 0 bridgehead atoms. The van der Waals surface area contributed by atoms with Crippen molar-refractivity contribution in [2.45, 2.75) is 25.0 Å². The quantitative estimate of drug-likeness (QED) is 0.724. The van der Waals surface area contributed by atoms with Crippen LogP contribution in [0.5, 0.6) is 0 Å². The minimum atomic E-state index is -2.90. The first-order valence-corrected chi connectivity index (χ1v) is 5.44. The van der Waals surface area contributed by atoms with Gasteiger partial charge in [0.25, 0.3) is 6.43 Å². The van der Waals surface area contributed by atoms with Crippen LogP contribution in [0.25, 0.3) is 0 Å². The zero-order valence-electron chi connectivity index (χ0n) is 9.94. The number of benzene rings is 1. The Labute approximate surface area is 104 Å². The van der Waals surface area contributed by atoms with Gasteiger partial charge in [-0.1, -0.05) is 30.3 Å². The molecule has 0 saturated carbocycles. The number of hydrogen-bond acceptors (Lipinski definition) is 3. The van der Waals surface area contributed by atoms with Gasteiger partial charge in [0.15, 0.2) is 0 Å². The van der Waals surface area contributed by atoms with Gasteiger partial charge in [0, 0.05) is 6.54 Å². The molecule has 0 aliphatic heterocycles. The summed E-state index contributed by atoms with van der Waals surface area (Å²) in [5, 5.41) is 11.1. The minimum absolute atomic E-state index is 0.532. The van der Waals surface area contributed by atoms with Gasteiger partial charge >= 0.3 is 0 Å². The second-order valence-corrected chi connectivity index (χ2v) is 4.18. The van der Waals surface area contributed by atoms with Crippen molar-refractivity contribution in [1.82, 2.24) is 5.32 Å². The fourth-order valence-electron chi connectivity index (χ4n) is 1.39. The third kappa shape index (κ3) is 3.48. The predicted octanol–water partition coefficient (Wildman–Crippen LogP) is 0.603. The maximum Gasteiger partial charge on any atom is 0.265 e. The van der Waals surface area contributed by atoms with E-state index >= 15 is 0 Å². The first-order valence-electron chi connectivity index (χ1n) is 5.44. The molecule has 6 heteroatoms. The fraction of sp³-hybridized carbons (Fsp3) is 0.417. The van der Waals surface area contributed by atoms with Crippen LogP contribution in [-0.4, -0.2) is 30.1 Å². The van der Waals surface area contributed by atoms with Crippen LogP contribution in [-0.2, 0) is 10.3 Å². The average molecular weight is 258 g/mol. The normalized spacial score (nSPS) is 16.1. The van der Waals surface area contributed by atoms with Crippen molar-refractivity contribution in [3.63, 3.8) is 0 Å². The smallest absolute Gasteiger partial charge is 0.265 e. The summed E-state index contributed by atoms with van der Waals surface area (Å²) >= 11 is 0. The average Bonchev–Trinajstić information content (AvgIpc) is 2.36. The van der Waals surface area contributed by atoms with E-state index in [0.29, 0.717) is 5.56 Å². The van der Waals surface area contributed by atoms with Gasteiger partial charge in [-0.3, -0.25) is 4.79 Å². The number of hydrogen-bond donors (Lipinski definition) is 3. The highest BCUT2D eigenvalue weighted by Crippen LogP contribution is 2.17. The van der Waals surface area contributed by atoms with Gasteiger partial charge in [0.2, 0.25) is 5.91 Å². The van der Waals surface area contributed by atoms with Crippen molar-refractivity contribution >= 4 is 5.91 Å². The van der Waals surface area contributed by atoms with Crippen molar-refractivity contribution < 1.29 is 18.7 Å². The number of halogens is 2. The summed E-state index contributed by atoms with van der Waals surface area (Å²) in [5.74, 6) is -0.617. The van der Waals surface area contributed by atoms with E-state index in [0.717, 1.165) is 0 Å². The fourth-order valence-corrected chi connectivity index (χ4v) is 1.39. The second kappa shape index (κ2) is 5.88. The molecule has 4 N–H and O–H groups in total. The maximum absolute atomic E-state index is 12.1. The first-order chi connectivity index (χ1) is 8.35. The molecule has 2 atom stereocenters. The van der Waals surface area contributed by atoms with Crippen LogP contribution in [0.15, 0.2) is 30.3 Å². The molecule has 2 unspecified atom stereocenters. The molecule has 1 aromatic carbocycles. The Hall–Kier alpha value is -1.53. The van der Waals surface area contributed by atoms with Gasteiger partial charge < -0.3 is 16.2 Å². The highest BCUT2D eigenvalue weighted by atomic mass is 19.3. The zero-order valence-corrected chi connectivity index (χ0v) is 9.94. The highest BCUT2D eigenvalue weighted by molar-refractivity contribution is 5.86. The monoisotopic (exact) mass is 258 g/mol. The Morgan fingerprint density at radius 2 is 2.00 bits per heavy atom. The Bertz CT molecular complexity index is 396. The number of carbonyl (C=O) groups is 1. The van der Waals surface area contributed by atoms with Crippen molar-refractivity contribution in [1.29, 1.82) is 0 Å². The standard InChI is InChI=1S/C12H16F2N2O2/c1-12(15,8-5-3-2-4-6-8)11(18)16-7-9(17)10(13)14/h2-6,9-10,17H,7,15H2,1H3,(H,16,18). The maximum atomic E-state index is 12.1. The summed E-state index contributed by atoms with van der Waals surface area (Å²) in [5.41, 5.74) is 5.10. The van der Waals surface area contributed by atoms with E-state index in [9.17, 15) is 13.6 Å². The number of alkyl halides is 2. The van der Waals surface area contributed by atoms with E-state index in [1.807, 2.05) is 0 Å². The van der Waals surface area contributed by atoms with Crippen LogP contribution in [0.4, 0.5) is 8.78 Å². The largest absolute Gasteiger partial charge is 0.385 e. The summed E-state index contributed by atoms with van der Waals surface area (Å²) in [6.07, 6.45) is -4.79. The number of nitrogens with two attached hydrogens (primary N) is 1. The van der Waals surface area contributed by atoms with Crippen LogP contribution < -0.4 is 11.1 Å². The Morgan fingerprint density at radius 1 is 1.44 bits per heavy atom. The van der Waals surface area contributed by atoms with Gasteiger partial charge in [-0.15, -0.1) is 0 Å². The Balaban J connectivity index is 2.66. The summed E-state index contributed by atoms with van der Waals surface area (Å²) in [6, 6.07) is 8.56. The van der Waals surface area contributed by atoms with Crippen LogP contribution in [0.1, 0.15) is 12.5 Å². The molecule has 4 nitrogen and oxygen atoms in total. The van der Waals surface area contributed by atoms with E-state index in [1.54, 1.807) is 30.3 Å². The molecule has 0 heterocycles. The summed E-state index contributed by atoms with van der Waals surface area (Å²) in [6.45, 7) is 0.947. The molecule has 1 rings (SSSR count). The molecule has 0 aromatic heterocycles. The van der Waals surface area contributed by atoms with Crippen molar-refractivity contribution in [2.24, 2.45) is 5.73 Å². The Morgan fingerprint density at radius 3 is 2.50 bits per heavy atom. The van der Waals surface area contributed by atoms with E-state index in [1.165, 1.54) is 6.92 Å². The lowest BCUT2D eigenvalue weighted by atomic mass is 9.92. The SMILES string of the molecule is CC(N)(C(=O)NCC(O)C(F)F)c1ccccc1. The van der Waals surface area contributed by atoms with Gasteiger partial charge in [-0.2, -0.15) is 0 Å². The summed E-state index contributed by atoms with van der Waals surface area (Å²) in [4.78, 5) is 11.8. The van der Waals surface area contributed by atoms with Gasteiger partial charge in [0.1, 0.15) is 11.6 Å². The van der Waals surface area contributed by atoms with E-state index < -0.39 is 30.5 Å². The molecular weight excluding hydrogens is 242 g/mol. The molecule has 1 amide bonds. The summed E-state index contributed by atoms with van der Waals surface area (Å²) < 4.78 is 24.1. The number of nitrogens with one attached hydrogen (secondary N) is 1. The van der Waals surface area contributed by atoms with Gasteiger partial charge in [0.05, 0.1) is 0 Å². The van der Waals surface area contributed by atoms with Gasteiger partial charge in [-0.05, 0) is 12.5 Å². The zero-order chi connectivity index (χ0) is 13.8. The molecule has 0 fully saturated rings. The molecule has 0 aliphatic carbocycles. The molecule has 0 saturated heterocycles. The molecular formula is C12H16F2N2O2. The second-order valence-electron chi connectivity index (χ2n) is 4.18. The molecule has 100 valence electrons. The molecule has 1 aromatic rings. The van der Waals surface area contributed by atoms with Crippen LogP contribution in [0, 0.1) is 0 Å². The third-order valence-electron chi connectivity index (χ3n) is 2.61. The topological polar surface area (TPSA) is 75.4 Å². The van der Waals surface area contributed by atoms with E-state index in [2.05, 4.69) is 5.32 Å². The predicted molar refractivity (Wildman–Crippen MR) is 63.0 cm³/mol. The Kier molecular flexibility index (Phi) is 4.75. The van der Waals surface area contributed by atoms with E-state index in [4.69, 9.17) is 10.8 Å². The molecule has 18 heavy (non-hydrogen) atoms. The lowest BCUT2D eigenvalue weighted by Crippen LogP contribution is -2.51. The van der Waals surface area contributed by atoms with Gasteiger partial charge in [-0.25, -0.2) is 8.78 Å². The van der Waals surface area contributed by atoms with E-state index in [-0.39, 0.29) is 0 Å². The lowest BCUT2D eigenvalue weighted by molar-refractivity contribution is -0.127. The molecule has 0 aliphatic rings. The lowest BCUT2D eigenvalue weighted by Gasteiger charge is -2.24. The minimum Gasteiger partial charge on any atom is -0.385 e. The molecule has 0 radical (unpaired) electrons. The summed E-state index contributed by atoms with van der Waals surface area (Å²) in [7, 11) is 0. The van der Waals surface area contributed by atoms with Crippen LogP contribution in [0.3, 0.4) is 0 Å². The number of amides is 1. The first kappa shape index (κ1) is 14.5. The van der Waals surface area contributed by atoms with Crippen molar-refractivity contribution in [3.8, 4) is 0 Å². The number of rotatable bonds is 5. The van der Waals surface area contributed by atoms with Crippen LogP contribution >= 0.6 is 0 Å².